The zero-order valence-electron chi connectivity index (χ0n) is 10.4. The Balaban J connectivity index is 2.05. The molecule has 0 aliphatic carbocycles. The van der Waals surface area contributed by atoms with Crippen LogP contribution in [0.2, 0.25) is 0 Å². The lowest BCUT2D eigenvalue weighted by molar-refractivity contribution is -0.386. The van der Waals surface area contributed by atoms with Gasteiger partial charge in [-0.25, -0.2) is 0 Å². The van der Waals surface area contributed by atoms with Gasteiger partial charge in [-0.05, 0) is 34.0 Å². The van der Waals surface area contributed by atoms with E-state index < -0.39 is 4.92 Å². The molecule has 1 aliphatic heterocycles. The molecule has 0 amide bonds. The van der Waals surface area contributed by atoms with E-state index in [4.69, 9.17) is 0 Å². The molecule has 1 heterocycles. The van der Waals surface area contributed by atoms with Crippen molar-refractivity contribution in [1.29, 1.82) is 0 Å². The van der Waals surface area contributed by atoms with Crippen LogP contribution in [0.1, 0.15) is 5.56 Å². The summed E-state index contributed by atoms with van der Waals surface area (Å²) >= 11 is 3.15. The highest BCUT2D eigenvalue weighted by Gasteiger charge is 2.18. The monoisotopic (exact) mass is 329 g/mol. The van der Waals surface area contributed by atoms with E-state index in [0.717, 1.165) is 44.7 Å². The third kappa shape index (κ3) is 3.65. The fourth-order valence-corrected chi connectivity index (χ4v) is 2.64. The maximum Gasteiger partial charge on any atom is 0.312 e. The second kappa shape index (κ2) is 6.31. The van der Waals surface area contributed by atoms with E-state index in [-0.39, 0.29) is 11.4 Å². The molecule has 0 bridgehead atoms. The van der Waals surface area contributed by atoms with Crippen LogP contribution in [0.4, 0.5) is 5.69 Å². The molecule has 6 nitrogen and oxygen atoms in total. The maximum absolute atomic E-state index is 10.8. The molecular formula is C12H16BrN3O3. The van der Waals surface area contributed by atoms with Gasteiger partial charge in [0, 0.05) is 38.8 Å². The number of nitrogens with one attached hydrogen (secondary N) is 1. The molecule has 0 radical (unpaired) electrons. The summed E-state index contributed by atoms with van der Waals surface area (Å²) in [6.45, 7) is 4.84. The molecule has 1 aliphatic rings. The first kappa shape index (κ1) is 14.2. The number of halogens is 1. The number of rotatable bonds is 4. The fraction of sp³-hybridized carbons (Fsp3) is 0.500. The van der Waals surface area contributed by atoms with E-state index in [9.17, 15) is 15.2 Å². The van der Waals surface area contributed by atoms with Gasteiger partial charge in [0.1, 0.15) is 0 Å². The lowest BCUT2D eigenvalue weighted by Gasteiger charge is -2.27. The van der Waals surface area contributed by atoms with Crippen LogP contribution in [0.25, 0.3) is 0 Å². The summed E-state index contributed by atoms with van der Waals surface area (Å²) in [6, 6.07) is 3.19. The summed E-state index contributed by atoms with van der Waals surface area (Å²) in [4.78, 5) is 12.6. The van der Waals surface area contributed by atoms with Gasteiger partial charge in [-0.1, -0.05) is 0 Å². The highest BCUT2D eigenvalue weighted by molar-refractivity contribution is 9.10. The van der Waals surface area contributed by atoms with Gasteiger partial charge in [-0.15, -0.1) is 0 Å². The van der Waals surface area contributed by atoms with Crippen LogP contribution in [0.3, 0.4) is 0 Å². The summed E-state index contributed by atoms with van der Waals surface area (Å²) < 4.78 is 0.372. The average Bonchev–Trinajstić information content (AvgIpc) is 2.41. The molecule has 2 N–H and O–H groups in total. The first-order valence-electron chi connectivity index (χ1n) is 6.17. The van der Waals surface area contributed by atoms with Gasteiger partial charge in [-0.3, -0.25) is 10.1 Å². The Kier molecular flexibility index (Phi) is 4.73. The summed E-state index contributed by atoms with van der Waals surface area (Å²) in [5.74, 6) is -0.309. The number of nitro groups is 1. The molecule has 0 unspecified atom stereocenters. The van der Waals surface area contributed by atoms with Crippen LogP contribution in [-0.4, -0.2) is 47.7 Å². The third-order valence-electron chi connectivity index (χ3n) is 3.23. The lowest BCUT2D eigenvalue weighted by atomic mass is 10.1. The molecular weight excluding hydrogens is 314 g/mol. The van der Waals surface area contributed by atoms with Crippen molar-refractivity contribution in [3.8, 4) is 5.75 Å². The van der Waals surface area contributed by atoms with Gasteiger partial charge in [0.15, 0.2) is 0 Å². The lowest BCUT2D eigenvalue weighted by Crippen LogP contribution is -2.44. The number of benzene rings is 1. The zero-order valence-corrected chi connectivity index (χ0v) is 12.0. The van der Waals surface area contributed by atoms with Crippen molar-refractivity contribution in [2.75, 3.05) is 32.7 Å². The van der Waals surface area contributed by atoms with Gasteiger partial charge in [0.25, 0.3) is 0 Å². The van der Waals surface area contributed by atoms with E-state index in [1.807, 2.05) is 0 Å². The SMILES string of the molecule is O=[N+]([O-])c1cc(CCN2CCNCC2)cc(Br)c1O. The summed E-state index contributed by atoms with van der Waals surface area (Å²) in [5.41, 5.74) is 0.611. The zero-order chi connectivity index (χ0) is 13.8. The molecule has 1 aromatic carbocycles. The quantitative estimate of drug-likeness (QED) is 0.646. The Morgan fingerprint density at radius 1 is 1.42 bits per heavy atom. The van der Waals surface area contributed by atoms with Crippen molar-refractivity contribution in [1.82, 2.24) is 10.2 Å². The molecule has 2 rings (SSSR count). The minimum atomic E-state index is -0.561. The molecule has 1 saturated heterocycles. The third-order valence-corrected chi connectivity index (χ3v) is 3.83. The summed E-state index contributed by atoms with van der Waals surface area (Å²) in [5, 5.41) is 23.7. The van der Waals surface area contributed by atoms with Crippen LogP contribution in [0.5, 0.6) is 5.75 Å². The van der Waals surface area contributed by atoms with Crippen molar-refractivity contribution < 1.29 is 10.0 Å². The van der Waals surface area contributed by atoms with E-state index in [2.05, 4.69) is 26.1 Å². The minimum Gasteiger partial charge on any atom is -0.501 e. The highest BCUT2D eigenvalue weighted by atomic mass is 79.9. The molecule has 7 heteroatoms. The van der Waals surface area contributed by atoms with Crippen molar-refractivity contribution in [2.45, 2.75) is 6.42 Å². The number of nitrogens with zero attached hydrogens (tertiary/aromatic N) is 2. The van der Waals surface area contributed by atoms with E-state index >= 15 is 0 Å². The normalized spacial score (nSPS) is 16.5. The average molecular weight is 330 g/mol. The second-order valence-electron chi connectivity index (χ2n) is 4.54. The van der Waals surface area contributed by atoms with Crippen molar-refractivity contribution in [2.24, 2.45) is 0 Å². The number of hydrogen-bond donors (Lipinski definition) is 2. The van der Waals surface area contributed by atoms with Crippen LogP contribution < -0.4 is 5.32 Å². The predicted molar refractivity (Wildman–Crippen MR) is 75.5 cm³/mol. The van der Waals surface area contributed by atoms with Crippen LogP contribution in [-0.2, 0) is 6.42 Å². The number of hydrogen-bond acceptors (Lipinski definition) is 5. The number of phenols is 1. The molecule has 0 spiro atoms. The van der Waals surface area contributed by atoms with Crippen molar-refractivity contribution in [3.63, 3.8) is 0 Å². The first-order valence-corrected chi connectivity index (χ1v) is 6.96. The standard InChI is InChI=1S/C12H16BrN3O3/c13-10-7-9(8-11(12(10)17)16(18)19)1-4-15-5-2-14-3-6-15/h7-8,14,17H,1-6H2. The van der Waals surface area contributed by atoms with Gasteiger partial charge >= 0.3 is 5.69 Å². The number of phenolic OH excluding ortho intramolecular Hbond substituents is 1. The van der Waals surface area contributed by atoms with Crippen LogP contribution in [0, 0.1) is 10.1 Å². The Morgan fingerprint density at radius 2 is 2.11 bits per heavy atom. The molecule has 1 fully saturated rings. The molecule has 1 aromatic rings. The predicted octanol–water partition coefficient (Wildman–Crippen LogP) is 1.51. The molecule has 19 heavy (non-hydrogen) atoms. The highest BCUT2D eigenvalue weighted by Crippen LogP contribution is 2.35. The first-order chi connectivity index (χ1) is 9.08. The molecule has 104 valence electrons. The largest absolute Gasteiger partial charge is 0.501 e. The maximum atomic E-state index is 10.8. The number of aromatic hydroxyl groups is 1. The van der Waals surface area contributed by atoms with Crippen molar-refractivity contribution in [3.05, 3.63) is 32.3 Å². The minimum absolute atomic E-state index is 0.246. The topological polar surface area (TPSA) is 78.6 Å². The Labute approximate surface area is 119 Å². The fourth-order valence-electron chi connectivity index (χ4n) is 2.14. The van der Waals surface area contributed by atoms with E-state index in [0.29, 0.717) is 4.47 Å². The summed E-state index contributed by atoms with van der Waals surface area (Å²) in [7, 11) is 0. The second-order valence-corrected chi connectivity index (χ2v) is 5.40. The molecule has 0 aromatic heterocycles. The summed E-state index contributed by atoms with van der Waals surface area (Å²) in [6.07, 6.45) is 0.736. The van der Waals surface area contributed by atoms with Gasteiger partial charge < -0.3 is 15.3 Å². The van der Waals surface area contributed by atoms with E-state index in [1.165, 1.54) is 6.07 Å². The number of nitro benzene ring substituents is 1. The van der Waals surface area contributed by atoms with Crippen LogP contribution >= 0.6 is 15.9 Å². The Bertz CT molecular complexity index is 476. The van der Waals surface area contributed by atoms with Gasteiger partial charge in [0.05, 0.1) is 9.40 Å². The Hall–Kier alpha value is -1.18. The molecule has 0 atom stereocenters. The van der Waals surface area contributed by atoms with Gasteiger partial charge in [-0.2, -0.15) is 0 Å². The van der Waals surface area contributed by atoms with Crippen molar-refractivity contribution >= 4 is 21.6 Å². The molecule has 0 saturated carbocycles. The van der Waals surface area contributed by atoms with E-state index in [1.54, 1.807) is 6.07 Å². The smallest absolute Gasteiger partial charge is 0.312 e. The van der Waals surface area contributed by atoms with Crippen LogP contribution in [0.15, 0.2) is 16.6 Å². The number of piperazine rings is 1. The Morgan fingerprint density at radius 3 is 2.74 bits per heavy atom. The van der Waals surface area contributed by atoms with Gasteiger partial charge in [0.2, 0.25) is 5.75 Å².